The summed E-state index contributed by atoms with van der Waals surface area (Å²) in [5.41, 5.74) is 2.49. The van der Waals surface area contributed by atoms with E-state index in [1.54, 1.807) is 6.92 Å². The molecule has 0 aliphatic carbocycles. The van der Waals surface area contributed by atoms with Gasteiger partial charge in [-0.25, -0.2) is 0 Å². The van der Waals surface area contributed by atoms with Crippen LogP contribution in [0.5, 0.6) is 11.5 Å². The second kappa shape index (κ2) is 6.77. The molecular formula is C18H20ClNO4. The molecule has 0 atom stereocenters. The van der Waals surface area contributed by atoms with Crippen LogP contribution < -0.4 is 14.8 Å². The lowest BCUT2D eigenvalue weighted by Gasteiger charge is -2.20. The molecule has 1 amide bonds. The molecule has 0 fully saturated rings. The van der Waals surface area contributed by atoms with Crippen molar-refractivity contribution in [3.8, 4) is 11.5 Å². The van der Waals surface area contributed by atoms with E-state index in [4.69, 9.17) is 25.5 Å². The summed E-state index contributed by atoms with van der Waals surface area (Å²) in [6.07, 6.45) is 0.650. The van der Waals surface area contributed by atoms with Gasteiger partial charge in [0.15, 0.2) is 11.5 Å². The highest BCUT2D eigenvalue weighted by Crippen LogP contribution is 2.38. The first-order chi connectivity index (χ1) is 11.5. The van der Waals surface area contributed by atoms with Crippen LogP contribution in [0.3, 0.4) is 0 Å². The average molecular weight is 350 g/mol. The Kier molecular flexibility index (Phi) is 4.71. The molecule has 0 unspecified atom stereocenters. The number of fused-ring (bicyclic) bond motifs is 1. The molecule has 2 heterocycles. The van der Waals surface area contributed by atoms with Crippen LogP contribution in [0.1, 0.15) is 33.0 Å². The number of aryl methyl sites for hydroxylation is 2. The van der Waals surface area contributed by atoms with Crippen molar-refractivity contribution in [2.75, 3.05) is 19.8 Å². The number of halogens is 1. The molecule has 24 heavy (non-hydrogen) atoms. The quantitative estimate of drug-likeness (QED) is 0.916. The van der Waals surface area contributed by atoms with Crippen LogP contribution in [-0.2, 0) is 6.42 Å². The topological polar surface area (TPSA) is 60.7 Å². The van der Waals surface area contributed by atoms with Gasteiger partial charge in [-0.15, -0.1) is 0 Å². The highest BCUT2D eigenvalue weighted by Gasteiger charge is 2.19. The summed E-state index contributed by atoms with van der Waals surface area (Å²) in [6.45, 7) is 7.07. The summed E-state index contributed by atoms with van der Waals surface area (Å²) in [5, 5.41) is 3.46. The van der Waals surface area contributed by atoms with Gasteiger partial charge in [0.2, 0.25) is 0 Å². The van der Waals surface area contributed by atoms with Gasteiger partial charge in [0, 0.05) is 12.1 Å². The third-order valence-corrected chi connectivity index (χ3v) is 4.43. The number of carbonyl (C=O) groups is 1. The number of rotatable bonds is 4. The minimum Gasteiger partial charge on any atom is -0.486 e. The number of ether oxygens (including phenoxy) is 2. The van der Waals surface area contributed by atoms with Crippen LogP contribution in [0.4, 0.5) is 0 Å². The van der Waals surface area contributed by atoms with E-state index in [2.05, 4.69) is 5.32 Å². The molecule has 2 aromatic rings. The van der Waals surface area contributed by atoms with Crippen molar-refractivity contribution in [3.63, 3.8) is 0 Å². The minimum atomic E-state index is -0.120. The van der Waals surface area contributed by atoms with E-state index in [0.29, 0.717) is 54.0 Å². The number of carbonyl (C=O) groups excluding carboxylic acids is 1. The smallest absolute Gasteiger partial charge is 0.255 e. The van der Waals surface area contributed by atoms with E-state index < -0.39 is 0 Å². The molecule has 0 spiro atoms. The van der Waals surface area contributed by atoms with Crippen LogP contribution in [0, 0.1) is 20.8 Å². The summed E-state index contributed by atoms with van der Waals surface area (Å²) in [4.78, 5) is 12.3. The van der Waals surface area contributed by atoms with Crippen molar-refractivity contribution in [3.05, 3.63) is 45.4 Å². The molecule has 1 aromatic heterocycles. The number of hydrogen-bond acceptors (Lipinski definition) is 4. The maximum absolute atomic E-state index is 12.3. The van der Waals surface area contributed by atoms with Crippen molar-refractivity contribution in [1.29, 1.82) is 0 Å². The van der Waals surface area contributed by atoms with Crippen molar-refractivity contribution in [2.45, 2.75) is 27.2 Å². The maximum atomic E-state index is 12.3. The van der Waals surface area contributed by atoms with E-state index in [0.717, 1.165) is 16.9 Å². The molecule has 6 heteroatoms. The molecular weight excluding hydrogens is 330 g/mol. The Morgan fingerprint density at radius 2 is 1.92 bits per heavy atom. The Bertz CT molecular complexity index is 782. The zero-order chi connectivity index (χ0) is 17.3. The van der Waals surface area contributed by atoms with Crippen molar-refractivity contribution in [2.24, 2.45) is 0 Å². The summed E-state index contributed by atoms with van der Waals surface area (Å²) in [7, 11) is 0. The number of benzene rings is 1. The Hall–Kier alpha value is -2.14. The van der Waals surface area contributed by atoms with E-state index in [9.17, 15) is 4.79 Å². The van der Waals surface area contributed by atoms with Gasteiger partial charge >= 0.3 is 0 Å². The van der Waals surface area contributed by atoms with Crippen molar-refractivity contribution >= 4 is 17.5 Å². The van der Waals surface area contributed by atoms with Crippen molar-refractivity contribution < 1.29 is 18.7 Å². The van der Waals surface area contributed by atoms with Crippen LogP contribution in [0.15, 0.2) is 16.5 Å². The lowest BCUT2D eigenvalue weighted by Crippen LogP contribution is -2.26. The molecule has 1 aromatic carbocycles. The number of furan rings is 1. The molecule has 0 radical (unpaired) electrons. The second-order valence-corrected chi connectivity index (χ2v) is 6.23. The third kappa shape index (κ3) is 3.22. The minimum absolute atomic E-state index is 0.120. The van der Waals surface area contributed by atoms with Gasteiger partial charge < -0.3 is 19.2 Å². The first-order valence-corrected chi connectivity index (χ1v) is 8.28. The predicted molar refractivity (Wildman–Crippen MR) is 91.4 cm³/mol. The summed E-state index contributed by atoms with van der Waals surface area (Å²) in [5.74, 6) is 2.55. The van der Waals surface area contributed by atoms with Crippen LogP contribution in [0.2, 0.25) is 5.02 Å². The summed E-state index contributed by atoms with van der Waals surface area (Å²) < 4.78 is 16.6. The predicted octanol–water partition coefficient (Wildman–Crippen LogP) is 3.60. The van der Waals surface area contributed by atoms with Crippen LogP contribution in [0.25, 0.3) is 0 Å². The zero-order valence-corrected chi connectivity index (χ0v) is 14.8. The molecule has 0 saturated heterocycles. The first-order valence-electron chi connectivity index (χ1n) is 7.90. The van der Waals surface area contributed by atoms with E-state index in [1.165, 1.54) is 0 Å². The molecule has 1 N–H and O–H groups in total. The Balaban J connectivity index is 1.64. The third-order valence-electron chi connectivity index (χ3n) is 4.14. The van der Waals surface area contributed by atoms with Gasteiger partial charge in [-0.1, -0.05) is 11.6 Å². The SMILES string of the molecule is Cc1oc(C)c(C(=O)NCCc2cc(Cl)c3c(c2)OCCO3)c1C. The zero-order valence-electron chi connectivity index (χ0n) is 14.0. The largest absolute Gasteiger partial charge is 0.486 e. The fourth-order valence-corrected chi connectivity index (χ4v) is 3.13. The highest BCUT2D eigenvalue weighted by atomic mass is 35.5. The Morgan fingerprint density at radius 3 is 2.62 bits per heavy atom. The van der Waals surface area contributed by atoms with Crippen LogP contribution >= 0.6 is 11.6 Å². The summed E-state index contributed by atoms with van der Waals surface area (Å²) in [6, 6.07) is 3.75. The van der Waals surface area contributed by atoms with E-state index >= 15 is 0 Å². The normalized spacial score (nSPS) is 13.0. The molecule has 3 rings (SSSR count). The van der Waals surface area contributed by atoms with Gasteiger partial charge in [-0.3, -0.25) is 4.79 Å². The van der Waals surface area contributed by atoms with Gasteiger partial charge in [0.1, 0.15) is 24.7 Å². The standard InChI is InChI=1S/C18H20ClNO4/c1-10-11(2)24-12(3)16(10)18(21)20-5-4-13-8-14(19)17-15(9-13)22-6-7-23-17/h8-9H,4-7H2,1-3H3,(H,20,21). The maximum Gasteiger partial charge on any atom is 0.255 e. The number of nitrogens with one attached hydrogen (secondary N) is 1. The van der Waals surface area contributed by atoms with E-state index in [-0.39, 0.29) is 5.91 Å². The van der Waals surface area contributed by atoms with E-state index in [1.807, 2.05) is 26.0 Å². The average Bonchev–Trinajstić information content (AvgIpc) is 2.80. The molecule has 5 nitrogen and oxygen atoms in total. The van der Waals surface area contributed by atoms with Gasteiger partial charge in [0.05, 0.1) is 10.6 Å². The monoisotopic (exact) mass is 349 g/mol. The first kappa shape index (κ1) is 16.7. The van der Waals surface area contributed by atoms with Crippen molar-refractivity contribution in [1.82, 2.24) is 5.32 Å². The number of hydrogen-bond donors (Lipinski definition) is 1. The Morgan fingerprint density at radius 1 is 1.17 bits per heavy atom. The summed E-state index contributed by atoms with van der Waals surface area (Å²) >= 11 is 6.22. The second-order valence-electron chi connectivity index (χ2n) is 5.82. The molecule has 1 aliphatic rings. The fourth-order valence-electron chi connectivity index (χ4n) is 2.84. The van der Waals surface area contributed by atoms with Gasteiger partial charge in [0.25, 0.3) is 5.91 Å². The number of amides is 1. The molecule has 128 valence electrons. The lowest BCUT2D eigenvalue weighted by atomic mass is 10.1. The van der Waals surface area contributed by atoms with Gasteiger partial charge in [-0.2, -0.15) is 0 Å². The fraction of sp³-hybridized carbons (Fsp3) is 0.389. The molecule has 0 saturated carbocycles. The highest BCUT2D eigenvalue weighted by molar-refractivity contribution is 6.32. The van der Waals surface area contributed by atoms with Crippen LogP contribution in [-0.4, -0.2) is 25.7 Å². The molecule has 0 bridgehead atoms. The van der Waals surface area contributed by atoms with Gasteiger partial charge in [-0.05, 0) is 44.9 Å². The molecule has 1 aliphatic heterocycles. The Labute approximate surface area is 145 Å². The lowest BCUT2D eigenvalue weighted by molar-refractivity contribution is 0.0952.